The molecule has 2 rings (SSSR count). The average Bonchev–Trinajstić information content (AvgIpc) is 2.23. The van der Waals surface area contributed by atoms with Gasteiger partial charge in [-0.3, -0.25) is 0 Å². The monoisotopic (exact) mass is 285 g/mol. The number of methoxy groups -OCH3 is 1. The maximum atomic E-state index is 5.83. The van der Waals surface area contributed by atoms with Crippen LogP contribution in [0.15, 0.2) is 22.7 Å². The Balaban J connectivity index is 2.02. The summed E-state index contributed by atoms with van der Waals surface area (Å²) in [6.45, 7) is 2.04. The SMILES string of the molecule is COC1C(N)CC1Oc1ccc(Br)c(C)c1. The molecule has 0 heterocycles. The number of hydrogen-bond acceptors (Lipinski definition) is 3. The Hall–Kier alpha value is -0.580. The van der Waals surface area contributed by atoms with E-state index in [4.69, 9.17) is 15.2 Å². The van der Waals surface area contributed by atoms with Gasteiger partial charge in [0.25, 0.3) is 0 Å². The van der Waals surface area contributed by atoms with Crippen LogP contribution in [0.4, 0.5) is 0 Å². The van der Waals surface area contributed by atoms with E-state index in [1.54, 1.807) is 7.11 Å². The molecule has 0 spiro atoms. The van der Waals surface area contributed by atoms with Crippen molar-refractivity contribution in [2.45, 2.75) is 31.6 Å². The molecule has 1 aromatic rings. The lowest BCUT2D eigenvalue weighted by Crippen LogP contribution is -2.59. The zero-order valence-corrected chi connectivity index (χ0v) is 11.0. The zero-order valence-electron chi connectivity index (χ0n) is 9.44. The lowest BCUT2D eigenvalue weighted by atomic mass is 9.86. The summed E-state index contributed by atoms with van der Waals surface area (Å²) in [5.41, 5.74) is 6.98. The molecule has 1 saturated carbocycles. The fourth-order valence-corrected chi connectivity index (χ4v) is 2.17. The first-order valence-electron chi connectivity index (χ1n) is 5.33. The van der Waals surface area contributed by atoms with E-state index in [0.717, 1.165) is 22.2 Å². The fourth-order valence-electron chi connectivity index (χ4n) is 1.92. The van der Waals surface area contributed by atoms with Crippen LogP contribution in [0.3, 0.4) is 0 Å². The first-order valence-corrected chi connectivity index (χ1v) is 6.12. The van der Waals surface area contributed by atoms with Crippen molar-refractivity contribution in [1.82, 2.24) is 0 Å². The average molecular weight is 286 g/mol. The second-order valence-electron chi connectivity index (χ2n) is 4.17. The van der Waals surface area contributed by atoms with Gasteiger partial charge in [-0.1, -0.05) is 15.9 Å². The van der Waals surface area contributed by atoms with Gasteiger partial charge in [-0.05, 0) is 30.7 Å². The van der Waals surface area contributed by atoms with E-state index in [9.17, 15) is 0 Å². The molecule has 0 saturated heterocycles. The van der Waals surface area contributed by atoms with Gasteiger partial charge < -0.3 is 15.2 Å². The predicted octanol–water partition coefficient (Wildman–Crippen LogP) is 2.25. The van der Waals surface area contributed by atoms with Gasteiger partial charge in [-0.25, -0.2) is 0 Å². The van der Waals surface area contributed by atoms with E-state index in [0.29, 0.717) is 0 Å². The van der Waals surface area contributed by atoms with Gasteiger partial charge in [0, 0.05) is 24.0 Å². The van der Waals surface area contributed by atoms with Crippen molar-refractivity contribution in [2.24, 2.45) is 5.73 Å². The van der Waals surface area contributed by atoms with Crippen molar-refractivity contribution in [3.63, 3.8) is 0 Å². The van der Waals surface area contributed by atoms with Crippen LogP contribution in [0.2, 0.25) is 0 Å². The van der Waals surface area contributed by atoms with Crippen molar-refractivity contribution in [3.8, 4) is 5.75 Å². The normalized spacial score (nSPS) is 28.6. The molecule has 0 aliphatic heterocycles. The number of nitrogens with two attached hydrogens (primary N) is 1. The van der Waals surface area contributed by atoms with E-state index in [1.807, 2.05) is 25.1 Å². The fraction of sp³-hybridized carbons (Fsp3) is 0.500. The van der Waals surface area contributed by atoms with Gasteiger partial charge in [0.05, 0.1) is 0 Å². The minimum atomic E-state index is 0.0175. The largest absolute Gasteiger partial charge is 0.488 e. The van der Waals surface area contributed by atoms with Crippen molar-refractivity contribution in [2.75, 3.05) is 7.11 Å². The quantitative estimate of drug-likeness (QED) is 0.927. The summed E-state index contributed by atoms with van der Waals surface area (Å²) in [6, 6.07) is 6.06. The Morgan fingerprint density at radius 2 is 2.19 bits per heavy atom. The molecule has 1 fully saturated rings. The second-order valence-corrected chi connectivity index (χ2v) is 5.02. The molecule has 2 N–H and O–H groups in total. The van der Waals surface area contributed by atoms with Gasteiger partial charge in [0.15, 0.2) is 0 Å². The van der Waals surface area contributed by atoms with Crippen LogP contribution >= 0.6 is 15.9 Å². The highest BCUT2D eigenvalue weighted by Gasteiger charge is 2.40. The zero-order chi connectivity index (χ0) is 11.7. The molecule has 4 heteroatoms. The third-order valence-corrected chi connectivity index (χ3v) is 3.87. The molecule has 0 aromatic heterocycles. The molecule has 0 amide bonds. The van der Waals surface area contributed by atoms with Crippen molar-refractivity contribution in [3.05, 3.63) is 28.2 Å². The number of ether oxygens (including phenoxy) is 2. The van der Waals surface area contributed by atoms with Crippen LogP contribution in [0.5, 0.6) is 5.75 Å². The molecule has 16 heavy (non-hydrogen) atoms. The summed E-state index contributed by atoms with van der Waals surface area (Å²) in [5.74, 6) is 0.875. The van der Waals surface area contributed by atoms with Crippen LogP contribution in [0, 0.1) is 6.92 Å². The van der Waals surface area contributed by atoms with Gasteiger partial charge in [-0.15, -0.1) is 0 Å². The first kappa shape index (κ1) is 11.9. The van der Waals surface area contributed by atoms with Gasteiger partial charge >= 0.3 is 0 Å². The molecule has 3 unspecified atom stereocenters. The number of rotatable bonds is 3. The van der Waals surface area contributed by atoms with E-state index in [2.05, 4.69) is 15.9 Å². The highest BCUT2D eigenvalue weighted by Crippen LogP contribution is 2.29. The highest BCUT2D eigenvalue weighted by molar-refractivity contribution is 9.10. The van der Waals surface area contributed by atoms with Crippen molar-refractivity contribution in [1.29, 1.82) is 0 Å². The Kier molecular flexibility index (Phi) is 3.52. The standard InChI is InChI=1S/C12H16BrNO2/c1-7-5-8(3-4-9(7)13)16-11-6-10(14)12(11)15-2/h3-5,10-12H,6,14H2,1-2H3. The molecule has 3 atom stereocenters. The Morgan fingerprint density at radius 1 is 1.44 bits per heavy atom. The van der Waals surface area contributed by atoms with E-state index in [-0.39, 0.29) is 18.2 Å². The second kappa shape index (κ2) is 4.73. The van der Waals surface area contributed by atoms with Crippen LogP contribution in [-0.4, -0.2) is 25.4 Å². The van der Waals surface area contributed by atoms with Crippen LogP contribution in [0.1, 0.15) is 12.0 Å². The van der Waals surface area contributed by atoms with Gasteiger partial charge in [0.2, 0.25) is 0 Å². The summed E-state index contributed by atoms with van der Waals surface area (Å²) in [4.78, 5) is 0. The minimum absolute atomic E-state index is 0.0175. The smallest absolute Gasteiger partial charge is 0.128 e. The van der Waals surface area contributed by atoms with Crippen LogP contribution in [0.25, 0.3) is 0 Å². The summed E-state index contributed by atoms with van der Waals surface area (Å²) < 4.78 is 12.2. The first-order chi connectivity index (χ1) is 7.61. The summed E-state index contributed by atoms with van der Waals surface area (Å²) in [5, 5.41) is 0. The molecule has 88 valence electrons. The van der Waals surface area contributed by atoms with Crippen molar-refractivity contribution >= 4 is 15.9 Å². The van der Waals surface area contributed by atoms with Crippen LogP contribution < -0.4 is 10.5 Å². The molecule has 1 aliphatic rings. The van der Waals surface area contributed by atoms with Crippen molar-refractivity contribution < 1.29 is 9.47 Å². The summed E-state index contributed by atoms with van der Waals surface area (Å²) in [6.07, 6.45) is 0.956. The van der Waals surface area contributed by atoms with E-state index in [1.165, 1.54) is 0 Å². The molecule has 0 bridgehead atoms. The molecule has 1 aliphatic carbocycles. The number of benzene rings is 1. The lowest BCUT2D eigenvalue weighted by molar-refractivity contribution is -0.0782. The lowest BCUT2D eigenvalue weighted by Gasteiger charge is -2.41. The molecule has 3 nitrogen and oxygen atoms in total. The third-order valence-electron chi connectivity index (χ3n) is 2.98. The number of aryl methyl sites for hydroxylation is 1. The third kappa shape index (κ3) is 2.24. The van der Waals surface area contributed by atoms with Gasteiger partial charge in [0.1, 0.15) is 18.0 Å². The molecular formula is C12H16BrNO2. The molecular weight excluding hydrogens is 270 g/mol. The van der Waals surface area contributed by atoms with E-state index < -0.39 is 0 Å². The summed E-state index contributed by atoms with van der Waals surface area (Å²) in [7, 11) is 1.67. The topological polar surface area (TPSA) is 44.5 Å². The van der Waals surface area contributed by atoms with E-state index >= 15 is 0 Å². The predicted molar refractivity (Wildman–Crippen MR) is 66.7 cm³/mol. The highest BCUT2D eigenvalue weighted by atomic mass is 79.9. The maximum absolute atomic E-state index is 5.83. The number of halogens is 1. The Labute approximate surface area is 104 Å². The molecule has 1 aromatic carbocycles. The maximum Gasteiger partial charge on any atom is 0.128 e. The van der Waals surface area contributed by atoms with Crippen LogP contribution in [-0.2, 0) is 4.74 Å². The Bertz CT molecular complexity index is 383. The minimum Gasteiger partial charge on any atom is -0.488 e. The molecule has 0 radical (unpaired) electrons. The summed E-state index contributed by atoms with van der Waals surface area (Å²) >= 11 is 3.46. The number of hydrogen-bond donors (Lipinski definition) is 1. The Morgan fingerprint density at radius 3 is 2.75 bits per heavy atom. The van der Waals surface area contributed by atoms with Gasteiger partial charge in [-0.2, -0.15) is 0 Å².